The van der Waals surface area contributed by atoms with E-state index in [1.165, 1.54) is 29.1 Å². The summed E-state index contributed by atoms with van der Waals surface area (Å²) in [6.07, 6.45) is -0.934. The lowest BCUT2D eigenvalue weighted by molar-refractivity contribution is -0.143. The van der Waals surface area contributed by atoms with Crippen LogP contribution in [-0.4, -0.2) is 88.7 Å². The van der Waals surface area contributed by atoms with Crippen LogP contribution in [0.5, 0.6) is 0 Å². The van der Waals surface area contributed by atoms with E-state index in [0.29, 0.717) is 11.1 Å². The Hall–Kier alpha value is -4.69. The molecule has 1 aromatic rings. The Bertz CT molecular complexity index is 1520. The molecule has 2 heterocycles. The van der Waals surface area contributed by atoms with Gasteiger partial charge in [0.25, 0.3) is 11.9 Å². The number of nitrogens with two attached hydrogens (primary N) is 1. The van der Waals surface area contributed by atoms with Crippen molar-refractivity contribution in [2.24, 2.45) is 22.1 Å². The molecule has 2 fully saturated rings. The molecule has 4 rings (SSSR count). The third-order valence-electron chi connectivity index (χ3n) is 8.52. The number of benzene rings is 1. The smallest absolute Gasteiger partial charge is 0.410 e. The van der Waals surface area contributed by atoms with Crippen molar-refractivity contribution in [1.82, 2.24) is 20.4 Å². The molecule has 262 valence electrons. The second-order valence-corrected chi connectivity index (χ2v) is 14.4. The van der Waals surface area contributed by atoms with Crippen LogP contribution < -0.4 is 16.4 Å². The van der Waals surface area contributed by atoms with E-state index in [1.807, 2.05) is 0 Å². The average Bonchev–Trinajstić information content (AvgIpc) is 3.29. The Morgan fingerprint density at radius 3 is 2.40 bits per heavy atom. The van der Waals surface area contributed by atoms with E-state index in [9.17, 15) is 28.4 Å². The summed E-state index contributed by atoms with van der Waals surface area (Å²) in [6.45, 7) is 14.0. The molecule has 0 bridgehead atoms. The van der Waals surface area contributed by atoms with Gasteiger partial charge in [-0.2, -0.15) is 4.99 Å². The number of ether oxygens (including phenoxy) is 3. The van der Waals surface area contributed by atoms with Crippen LogP contribution in [0.1, 0.15) is 65.5 Å². The van der Waals surface area contributed by atoms with E-state index in [0.717, 1.165) is 0 Å². The van der Waals surface area contributed by atoms with Gasteiger partial charge in [-0.25, -0.2) is 14.0 Å². The van der Waals surface area contributed by atoms with E-state index in [2.05, 4.69) is 22.2 Å². The third kappa shape index (κ3) is 7.88. The second-order valence-electron chi connectivity index (χ2n) is 14.4. The number of carbonyl (C=O) groups excluding carboxylic acids is 5. The number of carbonyl (C=O) groups is 5. The number of amides is 5. The molecule has 5 atom stereocenters. The SMILES string of the molecule is C=CC1C[C@]1(NC(=O)[C@@H]1C[C@@H](OC(=O)N2Cc3cccc(F)c3C2)CN1C(=O)[C@H](NC(=O)OC(C)(C)C)C(C)(C)C)C(=O)N=C(N)OC. The number of nitrogens with zero attached hydrogens (tertiary/aromatic N) is 3. The normalized spacial score (nSPS) is 24.2. The Labute approximate surface area is 279 Å². The lowest BCUT2D eigenvalue weighted by Crippen LogP contribution is -2.59. The minimum absolute atomic E-state index is 0.00468. The zero-order valence-electron chi connectivity index (χ0n) is 28.4. The van der Waals surface area contributed by atoms with Gasteiger partial charge in [-0.15, -0.1) is 6.58 Å². The zero-order valence-corrected chi connectivity index (χ0v) is 28.4. The molecular weight excluding hydrogens is 627 g/mol. The van der Waals surface area contributed by atoms with Crippen LogP contribution in [0.3, 0.4) is 0 Å². The minimum atomic E-state index is -1.46. The Kier molecular flexibility index (Phi) is 10.1. The summed E-state index contributed by atoms with van der Waals surface area (Å²) in [4.78, 5) is 73.7. The Balaban J connectivity index is 1.60. The first-order valence-electron chi connectivity index (χ1n) is 15.7. The van der Waals surface area contributed by atoms with Gasteiger partial charge in [-0.3, -0.25) is 19.3 Å². The number of likely N-dealkylation sites (tertiary alicyclic amines) is 1. The number of hydrogen-bond donors (Lipinski definition) is 3. The van der Waals surface area contributed by atoms with E-state index in [1.54, 1.807) is 53.7 Å². The summed E-state index contributed by atoms with van der Waals surface area (Å²) in [7, 11) is 1.24. The molecule has 1 aromatic carbocycles. The molecular formula is C33H45FN6O8. The molecule has 5 amide bonds. The van der Waals surface area contributed by atoms with Crippen molar-refractivity contribution < 1.29 is 42.6 Å². The van der Waals surface area contributed by atoms with Gasteiger partial charge in [0, 0.05) is 24.4 Å². The molecule has 15 heteroatoms. The number of nitrogens with one attached hydrogen (secondary N) is 2. The maximum Gasteiger partial charge on any atom is 0.410 e. The molecule has 1 aliphatic carbocycles. The molecule has 1 unspecified atom stereocenters. The highest BCUT2D eigenvalue weighted by Crippen LogP contribution is 2.46. The monoisotopic (exact) mass is 672 g/mol. The summed E-state index contributed by atoms with van der Waals surface area (Å²) in [5, 5.41) is 5.38. The van der Waals surface area contributed by atoms with Crippen molar-refractivity contribution in [3.63, 3.8) is 0 Å². The zero-order chi connectivity index (χ0) is 35.8. The summed E-state index contributed by atoms with van der Waals surface area (Å²) < 4.78 is 30.3. The maximum atomic E-state index is 14.3. The first-order valence-corrected chi connectivity index (χ1v) is 15.7. The number of methoxy groups -OCH3 is 1. The van der Waals surface area contributed by atoms with Gasteiger partial charge < -0.3 is 35.5 Å². The second kappa shape index (κ2) is 13.4. The van der Waals surface area contributed by atoms with Crippen molar-refractivity contribution in [2.45, 2.75) is 96.8 Å². The Morgan fingerprint density at radius 2 is 1.83 bits per heavy atom. The van der Waals surface area contributed by atoms with E-state index in [-0.39, 0.29) is 32.5 Å². The summed E-state index contributed by atoms with van der Waals surface area (Å²) >= 11 is 0. The molecule has 4 N–H and O–H groups in total. The van der Waals surface area contributed by atoms with Gasteiger partial charge in [0.05, 0.1) is 20.2 Å². The van der Waals surface area contributed by atoms with E-state index < -0.39 is 82.4 Å². The van der Waals surface area contributed by atoms with Crippen LogP contribution in [0.25, 0.3) is 0 Å². The van der Waals surface area contributed by atoms with Crippen LogP contribution >= 0.6 is 0 Å². The number of hydrogen-bond acceptors (Lipinski definition) is 8. The number of amidine groups is 1. The van der Waals surface area contributed by atoms with Crippen molar-refractivity contribution in [3.05, 3.63) is 47.8 Å². The van der Waals surface area contributed by atoms with Crippen LogP contribution in [-0.2, 0) is 41.7 Å². The van der Waals surface area contributed by atoms with Crippen molar-refractivity contribution in [3.8, 4) is 0 Å². The van der Waals surface area contributed by atoms with Gasteiger partial charge >= 0.3 is 12.2 Å². The number of alkyl carbamates (subject to hydrolysis) is 1. The molecule has 0 aromatic heterocycles. The quantitative estimate of drug-likeness (QED) is 0.223. The lowest BCUT2D eigenvalue weighted by atomic mass is 9.85. The molecule has 0 spiro atoms. The number of aliphatic imine (C=N–C) groups is 1. The minimum Gasteiger partial charge on any atom is -0.468 e. The van der Waals surface area contributed by atoms with Gasteiger partial charge in [-0.1, -0.05) is 39.0 Å². The average molecular weight is 673 g/mol. The lowest BCUT2D eigenvalue weighted by Gasteiger charge is -2.36. The van der Waals surface area contributed by atoms with Crippen LogP contribution in [0.2, 0.25) is 0 Å². The summed E-state index contributed by atoms with van der Waals surface area (Å²) in [6, 6.07) is 1.84. The number of rotatable bonds is 7. The highest BCUT2D eigenvalue weighted by Gasteiger charge is 2.61. The van der Waals surface area contributed by atoms with Crippen LogP contribution in [0.4, 0.5) is 14.0 Å². The molecule has 3 aliphatic rings. The van der Waals surface area contributed by atoms with E-state index >= 15 is 0 Å². The predicted octanol–water partition coefficient (Wildman–Crippen LogP) is 2.74. The first-order chi connectivity index (χ1) is 22.3. The topological polar surface area (TPSA) is 182 Å². The van der Waals surface area contributed by atoms with E-state index in [4.69, 9.17) is 19.9 Å². The van der Waals surface area contributed by atoms with Gasteiger partial charge in [0.1, 0.15) is 35.1 Å². The van der Waals surface area contributed by atoms with Crippen molar-refractivity contribution in [2.75, 3.05) is 13.7 Å². The summed E-state index contributed by atoms with van der Waals surface area (Å²) in [5.74, 6) is -2.97. The molecule has 48 heavy (non-hydrogen) atoms. The van der Waals surface area contributed by atoms with Crippen LogP contribution in [0, 0.1) is 17.2 Å². The van der Waals surface area contributed by atoms with Crippen LogP contribution in [0.15, 0.2) is 35.8 Å². The Morgan fingerprint density at radius 1 is 1.15 bits per heavy atom. The molecule has 1 saturated heterocycles. The fourth-order valence-electron chi connectivity index (χ4n) is 5.91. The van der Waals surface area contributed by atoms with Gasteiger partial charge in [-0.05, 0) is 44.2 Å². The largest absolute Gasteiger partial charge is 0.468 e. The maximum absolute atomic E-state index is 14.3. The standard InChI is InChI=1S/C33H45FN6O8/c1-9-19-14-33(19,27(43)37-28(35)46-8)38-25(41)23-13-20(47-30(45)39-15-18-11-10-12-22(34)21(18)17-39)16-40(23)26(42)24(31(2,3)4)36-29(44)48-32(5,6)7/h9-12,19-20,23-24H,1,13-17H2,2-8H3,(H,36,44)(H,38,41)(H2,35,37,43)/t19?,20-,23+,24+,33-/m1/s1. The number of halogens is 1. The third-order valence-corrected chi connectivity index (χ3v) is 8.52. The summed E-state index contributed by atoms with van der Waals surface area (Å²) in [5.41, 5.74) is 3.50. The number of fused-ring (bicyclic) bond motifs is 1. The molecule has 2 aliphatic heterocycles. The molecule has 14 nitrogen and oxygen atoms in total. The predicted molar refractivity (Wildman–Crippen MR) is 171 cm³/mol. The van der Waals surface area contributed by atoms with Gasteiger partial charge in [0.15, 0.2) is 0 Å². The molecule has 1 saturated carbocycles. The first kappa shape index (κ1) is 36.2. The fourth-order valence-corrected chi connectivity index (χ4v) is 5.91. The van der Waals surface area contributed by atoms with Gasteiger partial charge in [0.2, 0.25) is 11.8 Å². The highest BCUT2D eigenvalue weighted by atomic mass is 19.1. The van der Waals surface area contributed by atoms with Crippen molar-refractivity contribution in [1.29, 1.82) is 0 Å². The molecule has 0 radical (unpaired) electrons. The van der Waals surface area contributed by atoms with Crippen molar-refractivity contribution >= 4 is 35.9 Å². The highest BCUT2D eigenvalue weighted by molar-refractivity contribution is 6.02. The fraction of sp³-hybridized carbons (Fsp3) is 0.576.